The minimum absolute atomic E-state index is 0.0513. The summed E-state index contributed by atoms with van der Waals surface area (Å²) in [5.74, 6) is 0.0706. The van der Waals surface area contributed by atoms with Gasteiger partial charge >= 0.3 is 5.97 Å². The second-order valence-corrected chi connectivity index (χ2v) is 3.57. The number of carbonyl (C=O) groups excluding carboxylic acids is 1. The molecule has 5 nitrogen and oxygen atoms in total. The molecule has 0 unspecified atom stereocenters. The van der Waals surface area contributed by atoms with Gasteiger partial charge in [-0.2, -0.15) is 5.26 Å². The van der Waals surface area contributed by atoms with Crippen molar-refractivity contribution >= 4 is 5.97 Å². The first-order valence-electron chi connectivity index (χ1n) is 5.52. The lowest BCUT2D eigenvalue weighted by atomic mass is 10.0. The predicted octanol–water partition coefficient (Wildman–Crippen LogP) is 1.16. The molecule has 0 aromatic heterocycles. The number of ether oxygens (including phenoxy) is 2. The smallest absolute Gasteiger partial charge is 0.310 e. The molecule has 0 spiro atoms. The van der Waals surface area contributed by atoms with Crippen LogP contribution in [0.25, 0.3) is 0 Å². The number of hydrogen-bond acceptors (Lipinski definition) is 5. The summed E-state index contributed by atoms with van der Waals surface area (Å²) in [7, 11) is 1.46. The molecule has 0 heterocycles. The SMILES string of the molecule is CCOC(=O)Cc1cc(CO)c(C#N)cc1OC. The van der Waals surface area contributed by atoms with E-state index < -0.39 is 0 Å². The van der Waals surface area contributed by atoms with Gasteiger partial charge in [0.2, 0.25) is 0 Å². The van der Waals surface area contributed by atoms with Gasteiger partial charge in [0, 0.05) is 5.56 Å². The van der Waals surface area contributed by atoms with Crippen LogP contribution in [0.1, 0.15) is 23.6 Å². The van der Waals surface area contributed by atoms with Crippen LogP contribution in [0.4, 0.5) is 0 Å². The summed E-state index contributed by atoms with van der Waals surface area (Å²) in [6.45, 7) is 1.78. The number of benzene rings is 1. The molecule has 96 valence electrons. The zero-order chi connectivity index (χ0) is 13.5. The van der Waals surface area contributed by atoms with E-state index in [1.807, 2.05) is 6.07 Å². The van der Waals surface area contributed by atoms with Crippen LogP contribution in [0, 0.1) is 11.3 Å². The van der Waals surface area contributed by atoms with Crippen molar-refractivity contribution in [3.63, 3.8) is 0 Å². The van der Waals surface area contributed by atoms with Gasteiger partial charge in [0.1, 0.15) is 5.75 Å². The highest BCUT2D eigenvalue weighted by Crippen LogP contribution is 2.24. The van der Waals surface area contributed by atoms with Crippen LogP contribution >= 0.6 is 0 Å². The quantitative estimate of drug-likeness (QED) is 0.792. The Hall–Kier alpha value is -2.06. The van der Waals surface area contributed by atoms with E-state index in [0.717, 1.165) is 0 Å². The Bertz CT molecular complexity index is 477. The lowest BCUT2D eigenvalue weighted by Gasteiger charge is -2.11. The van der Waals surface area contributed by atoms with Crippen LogP contribution < -0.4 is 4.74 Å². The molecule has 5 heteroatoms. The third kappa shape index (κ3) is 3.22. The monoisotopic (exact) mass is 249 g/mol. The third-order valence-corrected chi connectivity index (χ3v) is 2.44. The largest absolute Gasteiger partial charge is 0.496 e. The fourth-order valence-electron chi connectivity index (χ4n) is 1.61. The molecule has 18 heavy (non-hydrogen) atoms. The van der Waals surface area contributed by atoms with Gasteiger partial charge in [0.25, 0.3) is 0 Å². The number of methoxy groups -OCH3 is 1. The number of esters is 1. The molecule has 0 bridgehead atoms. The van der Waals surface area contributed by atoms with Crippen molar-refractivity contribution in [3.8, 4) is 11.8 Å². The Morgan fingerprint density at radius 1 is 1.44 bits per heavy atom. The van der Waals surface area contributed by atoms with E-state index in [9.17, 15) is 4.79 Å². The first-order valence-corrected chi connectivity index (χ1v) is 5.52. The standard InChI is InChI=1S/C13H15NO4/c1-3-18-13(16)6-9-4-11(8-15)10(7-14)5-12(9)17-2/h4-5,15H,3,6,8H2,1-2H3. The molecule has 0 radical (unpaired) electrons. The molecule has 0 aliphatic carbocycles. The number of rotatable bonds is 5. The summed E-state index contributed by atoms with van der Waals surface area (Å²) in [5.41, 5.74) is 1.40. The maximum Gasteiger partial charge on any atom is 0.310 e. The Morgan fingerprint density at radius 2 is 2.17 bits per heavy atom. The predicted molar refractivity (Wildman–Crippen MR) is 64.0 cm³/mol. The van der Waals surface area contributed by atoms with E-state index in [2.05, 4.69) is 0 Å². The summed E-state index contributed by atoms with van der Waals surface area (Å²) in [5, 5.41) is 18.1. The number of hydrogen-bond donors (Lipinski definition) is 1. The summed E-state index contributed by atoms with van der Waals surface area (Å²) >= 11 is 0. The molecule has 0 aliphatic rings. The van der Waals surface area contributed by atoms with Crippen LogP contribution in [0.3, 0.4) is 0 Å². The Kier molecular flexibility index (Phi) is 5.15. The number of aliphatic hydroxyl groups is 1. The molecular formula is C13H15NO4. The van der Waals surface area contributed by atoms with Gasteiger partial charge in [0.15, 0.2) is 0 Å². The van der Waals surface area contributed by atoms with Gasteiger partial charge in [-0.15, -0.1) is 0 Å². The molecule has 1 N–H and O–H groups in total. The summed E-state index contributed by atoms with van der Waals surface area (Å²) in [4.78, 5) is 11.4. The Balaban J connectivity index is 3.10. The molecule has 0 fully saturated rings. The fraction of sp³-hybridized carbons (Fsp3) is 0.385. The van der Waals surface area contributed by atoms with Gasteiger partial charge in [-0.1, -0.05) is 0 Å². The second-order valence-electron chi connectivity index (χ2n) is 3.57. The molecule has 1 rings (SSSR count). The molecule has 1 aromatic carbocycles. The highest BCUT2D eigenvalue weighted by atomic mass is 16.5. The van der Waals surface area contributed by atoms with E-state index in [0.29, 0.717) is 29.0 Å². The lowest BCUT2D eigenvalue weighted by molar-refractivity contribution is -0.142. The summed E-state index contributed by atoms with van der Waals surface area (Å²) in [6.07, 6.45) is 0.0513. The average molecular weight is 249 g/mol. The molecule has 0 atom stereocenters. The van der Waals surface area contributed by atoms with Crippen LogP contribution in [-0.4, -0.2) is 24.8 Å². The normalized spacial score (nSPS) is 9.67. The van der Waals surface area contributed by atoms with Gasteiger partial charge in [-0.3, -0.25) is 4.79 Å². The zero-order valence-electron chi connectivity index (χ0n) is 10.4. The number of aliphatic hydroxyl groups excluding tert-OH is 1. The van der Waals surface area contributed by atoms with Gasteiger partial charge in [-0.25, -0.2) is 0 Å². The minimum atomic E-state index is -0.371. The second kappa shape index (κ2) is 6.62. The summed E-state index contributed by atoms with van der Waals surface area (Å²) in [6, 6.07) is 5.08. The maximum atomic E-state index is 11.4. The van der Waals surface area contributed by atoms with Crippen LogP contribution in [0.15, 0.2) is 12.1 Å². The van der Waals surface area contributed by atoms with Crippen LogP contribution in [0.2, 0.25) is 0 Å². The van der Waals surface area contributed by atoms with Crippen LogP contribution in [0.5, 0.6) is 5.75 Å². The number of carbonyl (C=O) groups is 1. The molecule has 0 amide bonds. The number of nitriles is 1. The molecule has 0 aliphatic heterocycles. The van der Waals surface area contributed by atoms with Gasteiger partial charge < -0.3 is 14.6 Å². The van der Waals surface area contributed by atoms with Crippen molar-refractivity contribution in [1.29, 1.82) is 5.26 Å². The van der Waals surface area contributed by atoms with Crippen molar-refractivity contribution < 1.29 is 19.4 Å². The first kappa shape index (κ1) is 14.0. The van der Waals surface area contributed by atoms with Crippen LogP contribution in [-0.2, 0) is 22.6 Å². The topological polar surface area (TPSA) is 79.5 Å². The molecule has 0 saturated heterocycles. The van der Waals surface area contributed by atoms with Crippen molar-refractivity contribution in [2.45, 2.75) is 20.0 Å². The van der Waals surface area contributed by atoms with Crippen molar-refractivity contribution in [2.24, 2.45) is 0 Å². The molecule has 1 aromatic rings. The molecule has 0 saturated carbocycles. The van der Waals surface area contributed by atoms with E-state index in [1.165, 1.54) is 13.2 Å². The van der Waals surface area contributed by atoms with Crippen molar-refractivity contribution in [3.05, 3.63) is 28.8 Å². The highest BCUT2D eigenvalue weighted by Gasteiger charge is 2.13. The first-order chi connectivity index (χ1) is 8.65. The van der Waals surface area contributed by atoms with E-state index in [1.54, 1.807) is 13.0 Å². The zero-order valence-corrected chi connectivity index (χ0v) is 10.4. The Labute approximate surface area is 106 Å². The van der Waals surface area contributed by atoms with Gasteiger partial charge in [-0.05, 0) is 24.6 Å². The maximum absolute atomic E-state index is 11.4. The van der Waals surface area contributed by atoms with E-state index in [-0.39, 0.29) is 19.0 Å². The number of nitrogens with zero attached hydrogens (tertiary/aromatic N) is 1. The lowest BCUT2D eigenvalue weighted by Crippen LogP contribution is -2.09. The third-order valence-electron chi connectivity index (χ3n) is 2.44. The average Bonchev–Trinajstić information content (AvgIpc) is 2.38. The van der Waals surface area contributed by atoms with E-state index in [4.69, 9.17) is 19.8 Å². The van der Waals surface area contributed by atoms with E-state index >= 15 is 0 Å². The van der Waals surface area contributed by atoms with Gasteiger partial charge in [0.05, 0.1) is 38.4 Å². The van der Waals surface area contributed by atoms with Crippen molar-refractivity contribution in [2.75, 3.05) is 13.7 Å². The molecular weight excluding hydrogens is 234 g/mol. The highest BCUT2D eigenvalue weighted by molar-refractivity contribution is 5.74. The fourth-order valence-corrected chi connectivity index (χ4v) is 1.61. The Morgan fingerprint density at radius 3 is 2.67 bits per heavy atom. The minimum Gasteiger partial charge on any atom is -0.496 e. The summed E-state index contributed by atoms with van der Waals surface area (Å²) < 4.78 is 9.98. The van der Waals surface area contributed by atoms with Crippen molar-refractivity contribution in [1.82, 2.24) is 0 Å².